The molecule has 3 atom stereocenters. The zero-order valence-corrected chi connectivity index (χ0v) is 12.2. The molecule has 3 nitrogen and oxygen atoms in total. The minimum absolute atomic E-state index is 0.802. The first-order chi connectivity index (χ1) is 9.42. The van der Waals surface area contributed by atoms with Crippen molar-refractivity contribution in [3.05, 3.63) is 0 Å². The number of hydrogen-bond donors (Lipinski definition) is 1. The zero-order chi connectivity index (χ0) is 12.7. The third-order valence-electron chi connectivity index (χ3n) is 6.20. The summed E-state index contributed by atoms with van der Waals surface area (Å²) in [5, 5.41) is 3.78. The molecule has 0 aromatic rings. The Labute approximate surface area is 117 Å². The number of nitrogens with one attached hydrogen (secondary N) is 1. The molecule has 5 aliphatic rings. The van der Waals surface area contributed by atoms with Gasteiger partial charge in [-0.3, -0.25) is 4.90 Å². The average molecular weight is 263 g/mol. The third kappa shape index (κ3) is 2.34. The van der Waals surface area contributed by atoms with Gasteiger partial charge in [-0.2, -0.15) is 0 Å². The Balaban J connectivity index is 1.50. The molecule has 3 heteroatoms. The Hall–Kier alpha value is -0.120. The van der Waals surface area contributed by atoms with Gasteiger partial charge in [0.2, 0.25) is 0 Å². The topological polar surface area (TPSA) is 18.5 Å². The molecule has 2 bridgehead atoms. The molecule has 0 saturated carbocycles. The lowest BCUT2D eigenvalue weighted by Crippen LogP contribution is -2.63. The van der Waals surface area contributed by atoms with Crippen LogP contribution in [0, 0.1) is 5.92 Å². The minimum atomic E-state index is 0.802. The molecule has 1 N–H and O–H groups in total. The summed E-state index contributed by atoms with van der Waals surface area (Å²) in [6.45, 7) is 6.75. The first-order valence-electron chi connectivity index (χ1n) is 8.63. The highest BCUT2D eigenvalue weighted by molar-refractivity contribution is 4.99. The number of rotatable bonds is 2. The molecule has 0 amide bonds. The predicted octanol–water partition coefficient (Wildman–Crippen LogP) is 1.69. The Morgan fingerprint density at radius 1 is 0.789 bits per heavy atom. The van der Waals surface area contributed by atoms with Crippen molar-refractivity contribution in [2.45, 2.75) is 63.1 Å². The van der Waals surface area contributed by atoms with E-state index in [0.717, 1.165) is 24.0 Å². The number of piperidine rings is 4. The maximum absolute atomic E-state index is 3.78. The van der Waals surface area contributed by atoms with Crippen LogP contribution >= 0.6 is 0 Å². The van der Waals surface area contributed by atoms with E-state index in [-0.39, 0.29) is 0 Å². The van der Waals surface area contributed by atoms with E-state index in [0.29, 0.717) is 0 Å². The Morgan fingerprint density at radius 3 is 2.37 bits per heavy atom. The van der Waals surface area contributed by atoms with Crippen molar-refractivity contribution >= 4 is 0 Å². The lowest BCUT2D eigenvalue weighted by Gasteiger charge is -2.53. The van der Waals surface area contributed by atoms with Crippen molar-refractivity contribution in [3.63, 3.8) is 0 Å². The van der Waals surface area contributed by atoms with Crippen molar-refractivity contribution in [1.29, 1.82) is 0 Å². The van der Waals surface area contributed by atoms with Crippen LogP contribution in [0.3, 0.4) is 0 Å². The van der Waals surface area contributed by atoms with Gasteiger partial charge in [-0.1, -0.05) is 6.42 Å². The summed E-state index contributed by atoms with van der Waals surface area (Å²) in [4.78, 5) is 5.67. The van der Waals surface area contributed by atoms with Gasteiger partial charge in [0.05, 0.1) is 0 Å². The van der Waals surface area contributed by atoms with E-state index in [2.05, 4.69) is 15.1 Å². The molecule has 5 rings (SSSR count). The maximum atomic E-state index is 3.78. The number of hydrogen-bond acceptors (Lipinski definition) is 3. The second kappa shape index (κ2) is 5.34. The monoisotopic (exact) mass is 263 g/mol. The minimum Gasteiger partial charge on any atom is -0.312 e. The molecule has 0 spiro atoms. The van der Waals surface area contributed by atoms with E-state index >= 15 is 0 Å². The highest BCUT2D eigenvalue weighted by atomic mass is 15.3. The fourth-order valence-corrected chi connectivity index (χ4v) is 5.17. The van der Waals surface area contributed by atoms with Crippen molar-refractivity contribution < 1.29 is 0 Å². The van der Waals surface area contributed by atoms with Crippen molar-refractivity contribution in [1.82, 2.24) is 15.1 Å². The molecule has 19 heavy (non-hydrogen) atoms. The van der Waals surface area contributed by atoms with Gasteiger partial charge in [0.1, 0.15) is 0 Å². The second-order valence-corrected chi connectivity index (χ2v) is 7.21. The predicted molar refractivity (Wildman–Crippen MR) is 78.3 cm³/mol. The second-order valence-electron chi connectivity index (χ2n) is 7.21. The summed E-state index contributed by atoms with van der Waals surface area (Å²) in [6, 6.07) is 2.53. The van der Waals surface area contributed by atoms with Crippen molar-refractivity contribution in [3.8, 4) is 0 Å². The SMILES string of the molecule is C1CNC(C2CCCCN2C2CN3CCC2CC3)C1. The van der Waals surface area contributed by atoms with Gasteiger partial charge in [-0.25, -0.2) is 0 Å². The first-order valence-corrected chi connectivity index (χ1v) is 8.63. The van der Waals surface area contributed by atoms with Crippen molar-refractivity contribution in [2.75, 3.05) is 32.7 Å². The Kier molecular flexibility index (Phi) is 3.55. The van der Waals surface area contributed by atoms with E-state index < -0.39 is 0 Å². The van der Waals surface area contributed by atoms with E-state index in [1.165, 1.54) is 77.7 Å². The normalized spacial score (nSPS) is 47.7. The van der Waals surface area contributed by atoms with Crippen LogP contribution in [0.5, 0.6) is 0 Å². The van der Waals surface area contributed by atoms with Gasteiger partial charge in [0.15, 0.2) is 0 Å². The van der Waals surface area contributed by atoms with Gasteiger partial charge >= 0.3 is 0 Å². The van der Waals surface area contributed by atoms with Gasteiger partial charge in [0, 0.05) is 24.7 Å². The molecular weight excluding hydrogens is 234 g/mol. The highest BCUT2D eigenvalue weighted by Gasteiger charge is 2.42. The zero-order valence-electron chi connectivity index (χ0n) is 12.2. The smallest absolute Gasteiger partial charge is 0.0255 e. The number of fused-ring (bicyclic) bond motifs is 3. The maximum Gasteiger partial charge on any atom is 0.0255 e. The highest BCUT2D eigenvalue weighted by Crippen LogP contribution is 2.35. The van der Waals surface area contributed by atoms with Crippen LogP contribution in [0.15, 0.2) is 0 Å². The standard InChI is InChI=1S/C16H29N3/c1-2-9-19(15(5-1)14-4-3-8-17-14)16-12-18-10-6-13(16)7-11-18/h13-17H,1-12H2. The Morgan fingerprint density at radius 2 is 1.68 bits per heavy atom. The summed E-state index contributed by atoms with van der Waals surface area (Å²) in [5.74, 6) is 1.01. The number of likely N-dealkylation sites (tertiary alicyclic amines) is 1. The fourth-order valence-electron chi connectivity index (χ4n) is 5.17. The summed E-state index contributed by atoms with van der Waals surface area (Å²) >= 11 is 0. The van der Waals surface area contributed by atoms with Gasteiger partial charge in [-0.15, -0.1) is 0 Å². The van der Waals surface area contributed by atoms with Gasteiger partial charge in [0.25, 0.3) is 0 Å². The van der Waals surface area contributed by atoms with E-state index in [9.17, 15) is 0 Å². The molecule has 0 aromatic carbocycles. The van der Waals surface area contributed by atoms with Crippen LogP contribution in [0.1, 0.15) is 44.9 Å². The van der Waals surface area contributed by atoms with E-state index in [1.54, 1.807) is 0 Å². The quantitative estimate of drug-likeness (QED) is 0.818. The molecule has 0 aromatic heterocycles. The largest absolute Gasteiger partial charge is 0.312 e. The van der Waals surface area contributed by atoms with Crippen LogP contribution in [0.2, 0.25) is 0 Å². The molecule has 5 heterocycles. The molecule has 5 saturated heterocycles. The van der Waals surface area contributed by atoms with Crippen molar-refractivity contribution in [2.24, 2.45) is 5.92 Å². The summed E-state index contributed by atoms with van der Waals surface area (Å²) in [5.41, 5.74) is 0. The van der Waals surface area contributed by atoms with Crippen LogP contribution < -0.4 is 5.32 Å². The molecule has 0 radical (unpaired) electrons. The van der Waals surface area contributed by atoms with Gasteiger partial charge in [-0.05, 0) is 70.6 Å². The summed E-state index contributed by atoms with van der Waals surface area (Å²) < 4.78 is 0. The lowest BCUT2D eigenvalue weighted by molar-refractivity contribution is -0.0333. The molecule has 108 valence electrons. The summed E-state index contributed by atoms with van der Waals surface area (Å²) in [7, 11) is 0. The van der Waals surface area contributed by atoms with Crippen LogP contribution in [-0.2, 0) is 0 Å². The molecule has 3 unspecified atom stereocenters. The Bertz CT molecular complexity index is 301. The summed E-state index contributed by atoms with van der Waals surface area (Å²) in [6.07, 6.45) is 10.1. The van der Waals surface area contributed by atoms with Crippen LogP contribution in [0.25, 0.3) is 0 Å². The average Bonchev–Trinajstić information content (AvgIpc) is 3.02. The number of nitrogens with zero attached hydrogens (tertiary/aromatic N) is 2. The molecular formula is C16H29N3. The fraction of sp³-hybridized carbons (Fsp3) is 1.00. The van der Waals surface area contributed by atoms with E-state index in [4.69, 9.17) is 0 Å². The molecule has 0 aliphatic carbocycles. The first kappa shape index (κ1) is 12.6. The molecule has 5 fully saturated rings. The van der Waals surface area contributed by atoms with Gasteiger partial charge < -0.3 is 10.2 Å². The lowest BCUT2D eigenvalue weighted by atomic mass is 9.80. The van der Waals surface area contributed by atoms with Crippen LogP contribution in [-0.4, -0.2) is 60.6 Å². The van der Waals surface area contributed by atoms with E-state index in [1.807, 2.05) is 0 Å². The molecule has 5 aliphatic heterocycles. The van der Waals surface area contributed by atoms with Crippen LogP contribution in [0.4, 0.5) is 0 Å². The third-order valence-corrected chi connectivity index (χ3v) is 6.20.